The molecule has 0 aromatic heterocycles. The van der Waals surface area contributed by atoms with Gasteiger partial charge in [-0.1, -0.05) is 72.3 Å². The molecule has 2 amide bonds. The zero-order valence-corrected chi connectivity index (χ0v) is 16.5. The molecule has 28 heavy (non-hydrogen) atoms. The lowest BCUT2D eigenvalue weighted by Gasteiger charge is -2.18. The Labute approximate surface area is 173 Å². The lowest BCUT2D eigenvalue weighted by Crippen LogP contribution is -2.42. The first-order valence-corrected chi connectivity index (χ1v) is 10.1. The number of carbonyl (C=O) groups excluding carboxylic acids is 2. The number of halogens is 1. The van der Waals surface area contributed by atoms with Crippen molar-refractivity contribution in [2.75, 3.05) is 5.75 Å². The second kappa shape index (κ2) is 9.97. The molecule has 1 unspecified atom stereocenters. The van der Waals surface area contributed by atoms with Crippen molar-refractivity contribution in [1.29, 1.82) is 0 Å². The fourth-order valence-electron chi connectivity index (χ4n) is 2.63. The maximum absolute atomic E-state index is 12.2. The van der Waals surface area contributed by atoms with Crippen molar-refractivity contribution >= 4 is 35.2 Å². The predicted molar refractivity (Wildman–Crippen MR) is 114 cm³/mol. The van der Waals surface area contributed by atoms with E-state index >= 15 is 0 Å². The van der Waals surface area contributed by atoms with Crippen LogP contribution < -0.4 is 10.9 Å². The van der Waals surface area contributed by atoms with Gasteiger partial charge in [0, 0.05) is 10.6 Å². The Morgan fingerprint density at radius 2 is 1.36 bits per heavy atom. The van der Waals surface area contributed by atoms with Crippen molar-refractivity contribution in [2.45, 2.75) is 5.25 Å². The SMILES string of the molecule is O=C(CSC(c1ccccc1)c1ccc(Cl)cc1)NNC(=O)c1ccccc1. The highest BCUT2D eigenvalue weighted by atomic mass is 35.5. The standard InChI is InChI=1S/C22H19ClN2O2S/c23-19-13-11-17(12-14-19)21(16-7-3-1-4-8-16)28-15-20(26)24-25-22(27)18-9-5-2-6-10-18/h1-14,21H,15H2,(H,24,26)(H,25,27). The van der Waals surface area contributed by atoms with Gasteiger partial charge in [0.05, 0.1) is 11.0 Å². The summed E-state index contributed by atoms with van der Waals surface area (Å²) in [5, 5.41) is 0.649. The normalized spacial score (nSPS) is 11.5. The number of carbonyl (C=O) groups is 2. The Bertz CT molecular complexity index is 918. The summed E-state index contributed by atoms with van der Waals surface area (Å²) < 4.78 is 0. The molecule has 3 rings (SSSR count). The van der Waals surface area contributed by atoms with E-state index in [0.29, 0.717) is 10.6 Å². The van der Waals surface area contributed by atoms with Crippen LogP contribution in [0.5, 0.6) is 0 Å². The van der Waals surface area contributed by atoms with Gasteiger partial charge in [0.2, 0.25) is 5.91 Å². The number of nitrogens with one attached hydrogen (secondary N) is 2. The maximum Gasteiger partial charge on any atom is 0.269 e. The second-order valence-electron chi connectivity index (χ2n) is 6.02. The average molecular weight is 411 g/mol. The molecule has 0 radical (unpaired) electrons. The van der Waals surface area contributed by atoms with E-state index in [0.717, 1.165) is 11.1 Å². The molecule has 0 bridgehead atoms. The van der Waals surface area contributed by atoms with Crippen LogP contribution in [0.4, 0.5) is 0 Å². The quantitative estimate of drug-likeness (QED) is 0.583. The van der Waals surface area contributed by atoms with E-state index < -0.39 is 0 Å². The minimum atomic E-state index is -0.351. The van der Waals surface area contributed by atoms with Crippen LogP contribution >= 0.6 is 23.4 Å². The molecule has 3 aromatic rings. The van der Waals surface area contributed by atoms with Gasteiger partial charge in [-0.05, 0) is 35.4 Å². The number of amides is 2. The van der Waals surface area contributed by atoms with Crippen molar-refractivity contribution < 1.29 is 9.59 Å². The molecule has 0 aliphatic carbocycles. The van der Waals surface area contributed by atoms with Crippen molar-refractivity contribution in [2.24, 2.45) is 0 Å². The lowest BCUT2D eigenvalue weighted by atomic mass is 10.0. The third kappa shape index (κ3) is 5.62. The van der Waals surface area contributed by atoms with Gasteiger partial charge in [-0.25, -0.2) is 0 Å². The third-order valence-corrected chi connectivity index (χ3v) is 5.57. The Kier molecular flexibility index (Phi) is 7.12. The number of hydrazine groups is 1. The van der Waals surface area contributed by atoms with E-state index in [2.05, 4.69) is 10.9 Å². The summed E-state index contributed by atoms with van der Waals surface area (Å²) in [5.74, 6) is -0.433. The van der Waals surface area contributed by atoms with Crippen molar-refractivity contribution in [1.82, 2.24) is 10.9 Å². The fourth-order valence-corrected chi connectivity index (χ4v) is 3.85. The molecule has 1 atom stereocenters. The van der Waals surface area contributed by atoms with Crippen LogP contribution in [0.2, 0.25) is 5.02 Å². The highest BCUT2D eigenvalue weighted by Gasteiger charge is 2.17. The average Bonchev–Trinajstić information content (AvgIpc) is 2.75. The molecule has 0 saturated heterocycles. The van der Waals surface area contributed by atoms with Gasteiger partial charge in [-0.3, -0.25) is 20.4 Å². The monoisotopic (exact) mass is 410 g/mol. The summed E-state index contributed by atoms with van der Waals surface area (Å²) in [6.07, 6.45) is 0. The predicted octanol–water partition coefficient (Wildman–Crippen LogP) is 4.62. The molecule has 0 saturated carbocycles. The Hall–Kier alpha value is -2.76. The fraction of sp³-hybridized carbons (Fsp3) is 0.0909. The smallest absolute Gasteiger partial charge is 0.269 e. The molecule has 0 heterocycles. The number of hydrogen-bond donors (Lipinski definition) is 2. The molecule has 3 aromatic carbocycles. The minimum absolute atomic E-state index is 0.0194. The van der Waals surface area contributed by atoms with Gasteiger partial charge >= 0.3 is 0 Å². The Balaban J connectivity index is 1.61. The number of thioether (sulfide) groups is 1. The molecule has 0 spiro atoms. The minimum Gasteiger partial charge on any atom is -0.272 e. The molecular formula is C22H19ClN2O2S. The van der Waals surface area contributed by atoms with Crippen LogP contribution in [-0.2, 0) is 4.79 Å². The first kappa shape index (κ1) is 20.0. The Morgan fingerprint density at radius 3 is 2.00 bits per heavy atom. The van der Waals surface area contributed by atoms with Crippen molar-refractivity contribution in [3.05, 3.63) is 107 Å². The van der Waals surface area contributed by atoms with E-state index in [1.165, 1.54) is 11.8 Å². The molecular weight excluding hydrogens is 392 g/mol. The topological polar surface area (TPSA) is 58.2 Å². The van der Waals surface area contributed by atoms with Gasteiger partial charge in [0.25, 0.3) is 5.91 Å². The summed E-state index contributed by atoms with van der Waals surface area (Å²) in [6, 6.07) is 26.3. The summed E-state index contributed by atoms with van der Waals surface area (Å²) in [5.41, 5.74) is 7.54. The molecule has 142 valence electrons. The molecule has 6 heteroatoms. The molecule has 0 aliphatic heterocycles. The van der Waals surface area contributed by atoms with Crippen molar-refractivity contribution in [3.63, 3.8) is 0 Å². The van der Waals surface area contributed by atoms with Crippen LogP contribution in [0.3, 0.4) is 0 Å². The molecule has 0 aliphatic rings. The largest absolute Gasteiger partial charge is 0.272 e. The van der Waals surface area contributed by atoms with Gasteiger partial charge in [0.1, 0.15) is 0 Å². The zero-order chi connectivity index (χ0) is 19.8. The highest BCUT2D eigenvalue weighted by molar-refractivity contribution is 8.00. The van der Waals surface area contributed by atoms with E-state index in [9.17, 15) is 9.59 Å². The summed E-state index contributed by atoms with van der Waals surface area (Å²) >= 11 is 7.48. The number of benzene rings is 3. The van der Waals surface area contributed by atoms with E-state index in [4.69, 9.17) is 11.6 Å². The van der Waals surface area contributed by atoms with Crippen molar-refractivity contribution in [3.8, 4) is 0 Å². The van der Waals surface area contributed by atoms with E-state index in [1.54, 1.807) is 24.3 Å². The molecule has 0 fully saturated rings. The highest BCUT2D eigenvalue weighted by Crippen LogP contribution is 2.35. The first-order valence-electron chi connectivity index (χ1n) is 8.70. The van der Waals surface area contributed by atoms with E-state index in [1.807, 2.05) is 60.7 Å². The maximum atomic E-state index is 12.2. The Morgan fingerprint density at radius 1 is 0.786 bits per heavy atom. The number of rotatable bonds is 6. The van der Waals surface area contributed by atoms with Crippen LogP contribution in [0.1, 0.15) is 26.7 Å². The molecule has 4 nitrogen and oxygen atoms in total. The van der Waals surface area contributed by atoms with Crippen LogP contribution in [0.25, 0.3) is 0 Å². The van der Waals surface area contributed by atoms with Crippen LogP contribution in [0.15, 0.2) is 84.9 Å². The van der Waals surface area contributed by atoms with Crippen LogP contribution in [0, 0.1) is 0 Å². The zero-order valence-electron chi connectivity index (χ0n) is 15.0. The summed E-state index contributed by atoms with van der Waals surface area (Å²) in [6.45, 7) is 0. The summed E-state index contributed by atoms with van der Waals surface area (Å²) in [4.78, 5) is 24.2. The van der Waals surface area contributed by atoms with Gasteiger partial charge in [0.15, 0.2) is 0 Å². The van der Waals surface area contributed by atoms with Gasteiger partial charge < -0.3 is 0 Å². The van der Waals surface area contributed by atoms with Gasteiger partial charge in [-0.15, -0.1) is 11.8 Å². The van der Waals surface area contributed by atoms with Crippen LogP contribution in [-0.4, -0.2) is 17.6 Å². The third-order valence-electron chi connectivity index (χ3n) is 4.01. The molecule has 2 N–H and O–H groups in total. The lowest BCUT2D eigenvalue weighted by molar-refractivity contribution is -0.119. The first-order chi connectivity index (χ1) is 13.6. The van der Waals surface area contributed by atoms with Gasteiger partial charge in [-0.2, -0.15) is 0 Å². The summed E-state index contributed by atoms with van der Waals surface area (Å²) in [7, 11) is 0. The second-order valence-corrected chi connectivity index (χ2v) is 7.55. The van der Waals surface area contributed by atoms with E-state index in [-0.39, 0.29) is 22.8 Å². The number of hydrogen-bond acceptors (Lipinski definition) is 3.